The summed E-state index contributed by atoms with van der Waals surface area (Å²) in [5, 5.41) is 1.16. The Bertz CT molecular complexity index is 429. The number of hydrogen-bond acceptors (Lipinski definition) is 4. The molecule has 1 fully saturated rings. The van der Waals surface area contributed by atoms with Crippen LogP contribution in [0, 0.1) is 5.92 Å². The summed E-state index contributed by atoms with van der Waals surface area (Å²) in [7, 11) is 2.97. The standard InChI is InChI=1S/C12H16N2O4/c1-13(17-2)12(16)9-6-11(15)14(7-9)8-10-4-3-5-18-10/h3-5,9H,6-8H2,1-2H3. The molecule has 0 bridgehead atoms. The van der Waals surface area contributed by atoms with Gasteiger partial charge in [-0.05, 0) is 12.1 Å². The maximum atomic E-state index is 11.9. The van der Waals surface area contributed by atoms with E-state index in [4.69, 9.17) is 9.25 Å². The second kappa shape index (κ2) is 5.22. The molecule has 98 valence electrons. The van der Waals surface area contributed by atoms with Gasteiger partial charge >= 0.3 is 0 Å². The third-order valence-corrected chi connectivity index (χ3v) is 3.07. The van der Waals surface area contributed by atoms with E-state index in [0.717, 1.165) is 10.8 Å². The van der Waals surface area contributed by atoms with E-state index in [1.807, 2.05) is 6.07 Å². The number of hydroxylamine groups is 2. The lowest BCUT2D eigenvalue weighted by Crippen LogP contribution is -2.33. The largest absolute Gasteiger partial charge is 0.467 e. The summed E-state index contributed by atoms with van der Waals surface area (Å²) in [4.78, 5) is 30.1. The highest BCUT2D eigenvalue weighted by Gasteiger charge is 2.36. The summed E-state index contributed by atoms with van der Waals surface area (Å²) >= 11 is 0. The van der Waals surface area contributed by atoms with Crippen molar-refractivity contribution >= 4 is 11.8 Å². The molecule has 1 saturated heterocycles. The van der Waals surface area contributed by atoms with Crippen molar-refractivity contribution in [2.45, 2.75) is 13.0 Å². The van der Waals surface area contributed by atoms with Crippen LogP contribution in [0.2, 0.25) is 0 Å². The molecule has 1 unspecified atom stereocenters. The van der Waals surface area contributed by atoms with Crippen LogP contribution in [0.1, 0.15) is 12.2 Å². The fraction of sp³-hybridized carbons (Fsp3) is 0.500. The SMILES string of the molecule is CON(C)C(=O)C1CC(=O)N(Cc2ccco2)C1. The van der Waals surface area contributed by atoms with Crippen molar-refractivity contribution in [3.8, 4) is 0 Å². The molecule has 1 aliphatic rings. The predicted octanol–water partition coefficient (Wildman–Crippen LogP) is 0.648. The van der Waals surface area contributed by atoms with Crippen LogP contribution in [-0.4, -0.2) is 42.5 Å². The monoisotopic (exact) mass is 252 g/mol. The summed E-state index contributed by atoms with van der Waals surface area (Å²) in [5.74, 6) is 0.177. The predicted molar refractivity (Wildman–Crippen MR) is 62.0 cm³/mol. The quantitative estimate of drug-likeness (QED) is 0.738. The van der Waals surface area contributed by atoms with E-state index in [-0.39, 0.29) is 24.2 Å². The minimum atomic E-state index is -0.336. The summed E-state index contributed by atoms with van der Waals surface area (Å²) in [6.45, 7) is 0.818. The fourth-order valence-electron chi connectivity index (χ4n) is 2.03. The van der Waals surface area contributed by atoms with Gasteiger partial charge in [-0.2, -0.15) is 0 Å². The van der Waals surface area contributed by atoms with Crippen LogP contribution < -0.4 is 0 Å². The van der Waals surface area contributed by atoms with E-state index < -0.39 is 0 Å². The van der Waals surface area contributed by atoms with Gasteiger partial charge in [-0.3, -0.25) is 14.4 Å². The van der Waals surface area contributed by atoms with E-state index in [9.17, 15) is 9.59 Å². The van der Waals surface area contributed by atoms with E-state index in [0.29, 0.717) is 13.1 Å². The third-order valence-electron chi connectivity index (χ3n) is 3.07. The number of furan rings is 1. The van der Waals surface area contributed by atoms with Crippen molar-refractivity contribution in [1.29, 1.82) is 0 Å². The topological polar surface area (TPSA) is 63.0 Å². The Kier molecular flexibility index (Phi) is 3.66. The van der Waals surface area contributed by atoms with Crippen molar-refractivity contribution in [1.82, 2.24) is 9.96 Å². The number of hydrogen-bond donors (Lipinski definition) is 0. The molecule has 0 saturated carbocycles. The van der Waals surface area contributed by atoms with Crippen molar-refractivity contribution in [2.24, 2.45) is 5.92 Å². The Labute approximate surface area is 105 Å². The molecular weight excluding hydrogens is 236 g/mol. The lowest BCUT2D eigenvalue weighted by Gasteiger charge is -2.18. The molecule has 0 radical (unpaired) electrons. The van der Waals surface area contributed by atoms with Crippen LogP contribution in [0.3, 0.4) is 0 Å². The second-order valence-corrected chi connectivity index (χ2v) is 4.27. The summed E-state index contributed by atoms with van der Waals surface area (Å²) in [6.07, 6.45) is 1.80. The zero-order chi connectivity index (χ0) is 13.1. The van der Waals surface area contributed by atoms with Gasteiger partial charge < -0.3 is 9.32 Å². The molecule has 1 atom stereocenters. The van der Waals surface area contributed by atoms with Crippen LogP contribution in [0.15, 0.2) is 22.8 Å². The normalized spacial score (nSPS) is 19.3. The number of likely N-dealkylation sites (tertiary alicyclic amines) is 1. The first-order chi connectivity index (χ1) is 8.61. The van der Waals surface area contributed by atoms with Crippen molar-refractivity contribution in [3.63, 3.8) is 0 Å². The van der Waals surface area contributed by atoms with Crippen LogP contribution in [0.4, 0.5) is 0 Å². The first-order valence-electron chi connectivity index (χ1n) is 5.73. The van der Waals surface area contributed by atoms with Crippen LogP contribution in [0.5, 0.6) is 0 Å². The maximum Gasteiger partial charge on any atom is 0.251 e. The molecule has 2 heterocycles. The van der Waals surface area contributed by atoms with Crippen LogP contribution in [0.25, 0.3) is 0 Å². The molecule has 6 heteroatoms. The molecule has 2 rings (SSSR count). The van der Waals surface area contributed by atoms with Crippen LogP contribution >= 0.6 is 0 Å². The zero-order valence-electron chi connectivity index (χ0n) is 10.5. The van der Waals surface area contributed by atoms with Gasteiger partial charge in [0.25, 0.3) is 5.91 Å². The van der Waals surface area contributed by atoms with Gasteiger partial charge in [0.15, 0.2) is 0 Å². The zero-order valence-corrected chi connectivity index (χ0v) is 10.5. The van der Waals surface area contributed by atoms with Crippen molar-refractivity contribution in [3.05, 3.63) is 24.2 Å². The van der Waals surface area contributed by atoms with E-state index in [2.05, 4.69) is 0 Å². The van der Waals surface area contributed by atoms with Crippen LogP contribution in [-0.2, 0) is 21.0 Å². The lowest BCUT2D eigenvalue weighted by atomic mass is 10.1. The molecule has 0 aromatic carbocycles. The first-order valence-corrected chi connectivity index (χ1v) is 5.73. The number of carbonyl (C=O) groups is 2. The Morgan fingerprint density at radius 1 is 1.67 bits per heavy atom. The van der Waals surface area contributed by atoms with Gasteiger partial charge in [0.05, 0.1) is 25.8 Å². The Balaban J connectivity index is 1.96. The van der Waals surface area contributed by atoms with Crippen molar-refractivity contribution in [2.75, 3.05) is 20.7 Å². The molecule has 1 aromatic heterocycles. The van der Waals surface area contributed by atoms with E-state index in [1.54, 1.807) is 24.3 Å². The highest BCUT2D eigenvalue weighted by atomic mass is 16.7. The molecule has 0 N–H and O–H groups in total. The highest BCUT2D eigenvalue weighted by Crippen LogP contribution is 2.21. The van der Waals surface area contributed by atoms with E-state index >= 15 is 0 Å². The number of amides is 2. The summed E-state index contributed by atoms with van der Waals surface area (Å²) in [5.41, 5.74) is 0. The Hall–Kier alpha value is -1.82. The smallest absolute Gasteiger partial charge is 0.251 e. The average molecular weight is 252 g/mol. The molecule has 18 heavy (non-hydrogen) atoms. The molecule has 1 aliphatic heterocycles. The average Bonchev–Trinajstić information content (AvgIpc) is 2.99. The minimum Gasteiger partial charge on any atom is -0.467 e. The molecular formula is C12H16N2O4. The highest BCUT2D eigenvalue weighted by molar-refractivity contribution is 5.88. The Morgan fingerprint density at radius 3 is 3.06 bits per heavy atom. The second-order valence-electron chi connectivity index (χ2n) is 4.27. The third kappa shape index (κ3) is 2.53. The summed E-state index contributed by atoms with van der Waals surface area (Å²) in [6, 6.07) is 3.58. The van der Waals surface area contributed by atoms with Gasteiger partial charge in [0.2, 0.25) is 5.91 Å². The molecule has 0 aliphatic carbocycles. The van der Waals surface area contributed by atoms with Gasteiger partial charge in [0.1, 0.15) is 5.76 Å². The van der Waals surface area contributed by atoms with Gasteiger partial charge in [-0.25, -0.2) is 5.06 Å². The van der Waals surface area contributed by atoms with Gasteiger partial charge in [0, 0.05) is 20.0 Å². The fourth-order valence-corrected chi connectivity index (χ4v) is 2.03. The number of nitrogens with zero attached hydrogens (tertiary/aromatic N) is 2. The summed E-state index contributed by atoms with van der Waals surface area (Å²) < 4.78 is 5.19. The van der Waals surface area contributed by atoms with Gasteiger partial charge in [-0.1, -0.05) is 0 Å². The number of carbonyl (C=O) groups excluding carboxylic acids is 2. The molecule has 6 nitrogen and oxygen atoms in total. The Morgan fingerprint density at radius 2 is 2.44 bits per heavy atom. The molecule has 2 amide bonds. The molecule has 1 aromatic rings. The maximum absolute atomic E-state index is 11.9. The first kappa shape index (κ1) is 12.6. The van der Waals surface area contributed by atoms with Gasteiger partial charge in [-0.15, -0.1) is 0 Å². The van der Waals surface area contributed by atoms with Crippen molar-refractivity contribution < 1.29 is 18.8 Å². The number of rotatable bonds is 4. The minimum absolute atomic E-state index is 0.0331. The lowest BCUT2D eigenvalue weighted by molar-refractivity contribution is -0.173. The van der Waals surface area contributed by atoms with E-state index in [1.165, 1.54) is 7.11 Å². The molecule has 0 spiro atoms.